The van der Waals surface area contributed by atoms with Crippen LogP contribution in [0, 0.1) is 0 Å². The third-order valence-electron chi connectivity index (χ3n) is 13.2. The van der Waals surface area contributed by atoms with E-state index in [0.29, 0.717) is 0 Å². The van der Waals surface area contributed by atoms with E-state index in [4.69, 9.17) is 0 Å². The van der Waals surface area contributed by atoms with E-state index in [0.717, 1.165) is 0 Å². The van der Waals surface area contributed by atoms with Crippen LogP contribution < -0.4 is 31.1 Å². The molecule has 0 nitrogen and oxygen atoms in total. The van der Waals surface area contributed by atoms with Gasteiger partial charge in [0.1, 0.15) is 24.2 Å². The van der Waals surface area contributed by atoms with Gasteiger partial charge in [-0.25, -0.2) is 0 Å². The lowest BCUT2D eigenvalue weighted by atomic mass is 9.95. The van der Waals surface area contributed by atoms with Crippen LogP contribution >= 0.6 is 0 Å². The largest absolute Gasteiger partial charge is 0.119 e. The molecule has 3 aliphatic heterocycles. The van der Waals surface area contributed by atoms with Crippen LogP contribution in [0.4, 0.5) is 0 Å². The molecule has 45 heavy (non-hydrogen) atoms. The van der Waals surface area contributed by atoms with Crippen LogP contribution in [-0.4, -0.2) is 24.2 Å². The van der Waals surface area contributed by atoms with E-state index in [1.807, 2.05) is 63.4 Å². The van der Waals surface area contributed by atoms with Crippen molar-refractivity contribution in [1.82, 2.24) is 0 Å². The van der Waals surface area contributed by atoms with E-state index in [-0.39, 0.29) is 0 Å². The van der Waals surface area contributed by atoms with Crippen molar-refractivity contribution >= 4 is 87.7 Å². The van der Waals surface area contributed by atoms with E-state index in [1.54, 1.807) is 0 Å². The van der Waals surface area contributed by atoms with Crippen LogP contribution in [-0.2, 0) is 0 Å². The first-order chi connectivity index (χ1) is 22.0. The van der Waals surface area contributed by atoms with Crippen molar-refractivity contribution in [2.75, 3.05) is 0 Å². The fourth-order valence-corrected chi connectivity index (χ4v) is 28.4. The van der Waals surface area contributed by atoms with Crippen LogP contribution in [0.3, 0.4) is 0 Å². The zero-order chi connectivity index (χ0) is 31.4. The molecule has 0 aromatic heterocycles. The highest BCUT2D eigenvalue weighted by molar-refractivity contribution is 7.13. The molecule has 0 saturated heterocycles. The Hall–Kier alpha value is -1.69. The molecule has 240 valence electrons. The van der Waals surface area contributed by atoms with Crippen LogP contribution in [0.2, 0.25) is 36.3 Å². The zero-order valence-corrected chi connectivity index (χ0v) is 32.7. The first-order valence-corrected chi connectivity index (χ1v) is 26.8. The Morgan fingerprint density at radius 3 is 0.578 bits per heavy atom. The second kappa shape index (κ2) is 12.4. The highest BCUT2D eigenvalue weighted by Crippen LogP contribution is 2.47. The van der Waals surface area contributed by atoms with E-state index in [9.17, 15) is 0 Å². The van der Waals surface area contributed by atoms with E-state index in [2.05, 4.69) is 77.9 Å². The molecule has 0 radical (unpaired) electrons. The van der Waals surface area contributed by atoms with E-state index in [1.165, 1.54) is 113 Å². The quantitative estimate of drug-likeness (QED) is 0.0745. The lowest BCUT2D eigenvalue weighted by molar-refractivity contribution is 0.838. The van der Waals surface area contributed by atoms with Crippen molar-refractivity contribution < 1.29 is 0 Å². The molecule has 0 unspecified atom stereocenters. The molecule has 3 heterocycles. The summed E-state index contributed by atoms with van der Waals surface area (Å²) in [7, 11) is -5.52. The normalized spacial score (nSPS) is 17.5. The summed E-state index contributed by atoms with van der Waals surface area (Å²) in [6.45, 7) is 14.6. The summed E-state index contributed by atoms with van der Waals surface area (Å²) in [5.74, 6) is 0. The van der Waals surface area contributed by atoms with Gasteiger partial charge in [-0.1, -0.05) is 155 Å². The molecule has 4 aromatic carbocycles. The van der Waals surface area contributed by atoms with Gasteiger partial charge in [-0.15, -0.1) is 0 Å². The standard InChI is InChI=1S/C42H60Si3/c1-7-13-25-43(26-14-8-2)31-19-21-33-39-37(31)38-32(43)20-22-34-40(38)42-36(45(34,29-17-11-5)30-18-12-6)24-23-35(41(39)42)44(33,27-15-9-3)28-16-10-4/h19-24H,7-18,25-30H2,1-6H3. The lowest BCUT2D eigenvalue weighted by Crippen LogP contribution is -2.57. The predicted molar refractivity (Wildman–Crippen MR) is 212 cm³/mol. The van der Waals surface area contributed by atoms with Crippen molar-refractivity contribution in [3.63, 3.8) is 0 Å². The number of rotatable bonds is 18. The SMILES string of the molecule is CCCC[Si]1(CCCC)c2ccc3c4c2c2c1ccc1c2c2c(ccc(c42)[Si]3(CCCC)CCCC)[Si]1(CCCC)CCCC. The fourth-order valence-electron chi connectivity index (χ4n) is 11.1. The van der Waals surface area contributed by atoms with Gasteiger partial charge >= 0.3 is 0 Å². The molecule has 7 rings (SSSR count). The molecule has 3 heteroatoms. The minimum atomic E-state index is -1.84. The van der Waals surface area contributed by atoms with E-state index < -0.39 is 24.2 Å². The second-order valence-electron chi connectivity index (χ2n) is 15.6. The number of unbranched alkanes of at least 4 members (excludes halogenated alkanes) is 6. The fraction of sp³-hybridized carbons (Fsp3) is 0.571. The molecule has 0 spiro atoms. The first-order valence-electron chi connectivity index (χ1n) is 19.6. The van der Waals surface area contributed by atoms with Crippen LogP contribution in [0.15, 0.2) is 36.4 Å². The zero-order valence-electron chi connectivity index (χ0n) is 29.7. The Balaban J connectivity index is 1.66. The van der Waals surface area contributed by atoms with Gasteiger partial charge in [-0.3, -0.25) is 0 Å². The molecule has 0 bridgehead atoms. The Morgan fingerprint density at radius 1 is 0.289 bits per heavy atom. The topological polar surface area (TPSA) is 0 Å². The van der Waals surface area contributed by atoms with Crippen LogP contribution in [0.25, 0.3) is 32.3 Å². The maximum Gasteiger partial charge on any atom is 0.119 e. The smallest absolute Gasteiger partial charge is 0.0654 e. The van der Waals surface area contributed by atoms with E-state index >= 15 is 0 Å². The molecular weight excluding hydrogens is 589 g/mol. The Bertz CT molecular complexity index is 1390. The minimum absolute atomic E-state index is 1.32. The van der Waals surface area contributed by atoms with Crippen molar-refractivity contribution in [3.8, 4) is 0 Å². The third-order valence-corrected chi connectivity index (χ3v) is 29.1. The Morgan fingerprint density at radius 2 is 0.444 bits per heavy atom. The lowest BCUT2D eigenvalue weighted by Gasteiger charge is -2.32. The molecule has 0 atom stereocenters. The average molecular weight is 649 g/mol. The average Bonchev–Trinajstić information content (AvgIpc) is 3.63. The summed E-state index contributed by atoms with van der Waals surface area (Å²) in [6, 6.07) is 25.5. The molecule has 0 fully saturated rings. The van der Waals surface area contributed by atoms with Gasteiger partial charge < -0.3 is 0 Å². The van der Waals surface area contributed by atoms with Gasteiger partial charge in [-0.2, -0.15) is 0 Å². The molecule has 3 aliphatic rings. The van der Waals surface area contributed by atoms with Crippen LogP contribution in [0.1, 0.15) is 119 Å². The van der Waals surface area contributed by atoms with Crippen LogP contribution in [0.5, 0.6) is 0 Å². The van der Waals surface area contributed by atoms with Gasteiger partial charge in [0.15, 0.2) is 0 Å². The predicted octanol–water partition coefficient (Wildman–Crippen LogP) is 9.58. The minimum Gasteiger partial charge on any atom is -0.0654 e. The summed E-state index contributed by atoms with van der Waals surface area (Å²) in [5.41, 5.74) is 0. The summed E-state index contributed by atoms with van der Waals surface area (Å²) in [6.07, 6.45) is 16.3. The molecule has 4 aromatic rings. The monoisotopic (exact) mass is 648 g/mol. The Kier molecular flexibility index (Phi) is 8.79. The molecule has 0 saturated carbocycles. The summed E-state index contributed by atoms with van der Waals surface area (Å²) < 4.78 is 0. The van der Waals surface area contributed by atoms with Crippen molar-refractivity contribution in [1.29, 1.82) is 0 Å². The Labute approximate surface area is 277 Å². The summed E-state index contributed by atoms with van der Waals surface area (Å²) >= 11 is 0. The number of hydrogen-bond donors (Lipinski definition) is 0. The molecular formula is C42H60Si3. The van der Waals surface area contributed by atoms with Crippen molar-refractivity contribution in [2.45, 2.75) is 155 Å². The second-order valence-corrected chi connectivity index (χ2v) is 28.3. The summed E-state index contributed by atoms with van der Waals surface area (Å²) in [4.78, 5) is 0. The van der Waals surface area contributed by atoms with Crippen molar-refractivity contribution in [3.05, 3.63) is 36.4 Å². The van der Waals surface area contributed by atoms with Crippen molar-refractivity contribution in [2.24, 2.45) is 0 Å². The third kappa shape index (κ3) is 4.24. The maximum atomic E-state index is 2.79. The highest BCUT2D eigenvalue weighted by atomic mass is 28.3. The van der Waals surface area contributed by atoms with Gasteiger partial charge in [0, 0.05) is 0 Å². The maximum absolute atomic E-state index is 2.79. The van der Waals surface area contributed by atoms with Gasteiger partial charge in [0.2, 0.25) is 0 Å². The highest BCUT2D eigenvalue weighted by Gasteiger charge is 2.53. The van der Waals surface area contributed by atoms with Gasteiger partial charge in [-0.05, 0) is 99.7 Å². The number of benzene rings is 4. The molecule has 0 amide bonds. The summed E-state index contributed by atoms with van der Waals surface area (Å²) in [5, 5.41) is 22.2. The molecule has 0 aliphatic carbocycles. The molecule has 0 N–H and O–H groups in total. The van der Waals surface area contributed by atoms with Gasteiger partial charge in [0.25, 0.3) is 0 Å². The first kappa shape index (κ1) is 31.9. The number of hydrogen-bond acceptors (Lipinski definition) is 0. The van der Waals surface area contributed by atoms with Gasteiger partial charge in [0.05, 0.1) is 0 Å².